The first-order chi connectivity index (χ1) is 5.81. The van der Waals surface area contributed by atoms with Crippen LogP contribution in [0.5, 0.6) is 0 Å². The van der Waals surface area contributed by atoms with Crippen molar-refractivity contribution in [2.24, 2.45) is 0 Å². The first-order valence-electron chi connectivity index (χ1n) is 4.09. The van der Waals surface area contributed by atoms with E-state index in [-0.39, 0.29) is 0 Å². The van der Waals surface area contributed by atoms with Gasteiger partial charge in [-0.25, -0.2) is 4.98 Å². The molecule has 2 aromatic heterocycles. The topological polar surface area (TPSA) is 30.7 Å². The SMILES string of the molecule is CCn1ccc2ncc(C)nc21. The summed E-state index contributed by atoms with van der Waals surface area (Å²) in [6.07, 6.45) is 3.81. The van der Waals surface area contributed by atoms with Crippen LogP contribution < -0.4 is 0 Å². The molecule has 3 nitrogen and oxygen atoms in total. The zero-order chi connectivity index (χ0) is 8.55. The molecule has 0 aliphatic carbocycles. The van der Waals surface area contributed by atoms with Crippen LogP contribution in [0, 0.1) is 6.92 Å². The molecule has 0 aromatic carbocycles. The summed E-state index contributed by atoms with van der Waals surface area (Å²) in [5.41, 5.74) is 2.93. The Morgan fingerprint density at radius 1 is 1.50 bits per heavy atom. The number of nitrogens with zero attached hydrogens (tertiary/aromatic N) is 3. The number of hydrogen-bond donors (Lipinski definition) is 0. The molecule has 0 bridgehead atoms. The highest BCUT2D eigenvalue weighted by molar-refractivity contribution is 5.70. The largest absolute Gasteiger partial charge is 0.331 e. The summed E-state index contributed by atoms with van der Waals surface area (Å²) in [5, 5.41) is 0. The summed E-state index contributed by atoms with van der Waals surface area (Å²) in [5.74, 6) is 0. The lowest BCUT2D eigenvalue weighted by molar-refractivity contribution is 0.785. The van der Waals surface area contributed by atoms with Crippen molar-refractivity contribution in [3.05, 3.63) is 24.2 Å². The monoisotopic (exact) mass is 161 g/mol. The molecule has 0 radical (unpaired) electrons. The first kappa shape index (κ1) is 7.28. The second kappa shape index (κ2) is 2.59. The maximum absolute atomic E-state index is 4.41. The predicted molar refractivity (Wildman–Crippen MR) is 47.9 cm³/mol. The average molecular weight is 161 g/mol. The zero-order valence-electron chi connectivity index (χ0n) is 7.28. The van der Waals surface area contributed by atoms with Gasteiger partial charge in [0.2, 0.25) is 0 Å². The highest BCUT2D eigenvalue weighted by Crippen LogP contribution is 2.10. The van der Waals surface area contributed by atoms with Gasteiger partial charge in [0.25, 0.3) is 0 Å². The number of fused-ring (bicyclic) bond motifs is 1. The second-order valence-electron chi connectivity index (χ2n) is 2.82. The van der Waals surface area contributed by atoms with Gasteiger partial charge in [0.15, 0.2) is 5.65 Å². The molecule has 2 rings (SSSR count). The molecule has 0 spiro atoms. The lowest BCUT2D eigenvalue weighted by atomic mass is 10.4. The quantitative estimate of drug-likeness (QED) is 0.638. The minimum absolute atomic E-state index is 0.946. The minimum Gasteiger partial charge on any atom is -0.331 e. The van der Waals surface area contributed by atoms with Crippen LogP contribution in [0.4, 0.5) is 0 Å². The van der Waals surface area contributed by atoms with Crippen LogP contribution in [0.25, 0.3) is 11.2 Å². The Labute approximate surface area is 71.1 Å². The second-order valence-corrected chi connectivity index (χ2v) is 2.82. The molecule has 0 aliphatic heterocycles. The van der Waals surface area contributed by atoms with Crippen LogP contribution >= 0.6 is 0 Å². The Bertz CT molecular complexity index is 403. The van der Waals surface area contributed by atoms with E-state index in [2.05, 4.69) is 21.5 Å². The van der Waals surface area contributed by atoms with Gasteiger partial charge in [0.1, 0.15) is 5.52 Å². The molecule has 0 fully saturated rings. The Morgan fingerprint density at radius 3 is 3.08 bits per heavy atom. The maximum Gasteiger partial charge on any atom is 0.158 e. The van der Waals surface area contributed by atoms with Gasteiger partial charge < -0.3 is 4.57 Å². The van der Waals surface area contributed by atoms with Crippen molar-refractivity contribution in [3.8, 4) is 0 Å². The Kier molecular flexibility index (Phi) is 1.57. The molecule has 0 aliphatic rings. The fraction of sp³-hybridized carbons (Fsp3) is 0.333. The standard InChI is InChI=1S/C9H11N3/c1-3-12-5-4-8-9(12)11-7(2)6-10-8/h4-6H,3H2,1-2H3. The van der Waals surface area contributed by atoms with Crippen molar-refractivity contribution in [3.63, 3.8) is 0 Å². The van der Waals surface area contributed by atoms with Crippen LogP contribution in [-0.2, 0) is 6.54 Å². The molecular formula is C9H11N3. The number of aromatic nitrogens is 3. The average Bonchev–Trinajstić information content (AvgIpc) is 2.46. The van der Waals surface area contributed by atoms with E-state index in [4.69, 9.17) is 0 Å². The fourth-order valence-electron chi connectivity index (χ4n) is 1.29. The Balaban J connectivity index is 2.75. The van der Waals surface area contributed by atoms with E-state index in [0.29, 0.717) is 0 Å². The molecule has 0 N–H and O–H groups in total. The van der Waals surface area contributed by atoms with Crippen LogP contribution in [0.3, 0.4) is 0 Å². The third-order valence-electron chi connectivity index (χ3n) is 1.93. The molecule has 12 heavy (non-hydrogen) atoms. The van der Waals surface area contributed by atoms with E-state index in [9.17, 15) is 0 Å². The summed E-state index contributed by atoms with van der Waals surface area (Å²) < 4.78 is 2.09. The smallest absolute Gasteiger partial charge is 0.158 e. The lowest BCUT2D eigenvalue weighted by Crippen LogP contribution is -1.95. The molecule has 2 aromatic rings. The van der Waals surface area contributed by atoms with E-state index in [0.717, 1.165) is 23.4 Å². The number of aryl methyl sites for hydroxylation is 2. The molecule has 0 saturated heterocycles. The van der Waals surface area contributed by atoms with Gasteiger partial charge in [-0.05, 0) is 19.9 Å². The van der Waals surface area contributed by atoms with Crippen LogP contribution in [0.2, 0.25) is 0 Å². The number of rotatable bonds is 1. The molecule has 0 unspecified atom stereocenters. The van der Waals surface area contributed by atoms with Gasteiger partial charge in [0.05, 0.1) is 5.69 Å². The molecular weight excluding hydrogens is 150 g/mol. The van der Waals surface area contributed by atoms with Crippen LogP contribution in [0.1, 0.15) is 12.6 Å². The highest BCUT2D eigenvalue weighted by Gasteiger charge is 2.00. The lowest BCUT2D eigenvalue weighted by Gasteiger charge is -1.98. The van der Waals surface area contributed by atoms with E-state index >= 15 is 0 Å². The first-order valence-corrected chi connectivity index (χ1v) is 4.09. The van der Waals surface area contributed by atoms with Gasteiger partial charge in [0, 0.05) is 18.9 Å². The molecule has 3 heteroatoms. The van der Waals surface area contributed by atoms with E-state index in [1.807, 2.05) is 19.2 Å². The highest BCUT2D eigenvalue weighted by atomic mass is 15.0. The van der Waals surface area contributed by atoms with Crippen molar-refractivity contribution in [1.29, 1.82) is 0 Å². The van der Waals surface area contributed by atoms with E-state index in [1.54, 1.807) is 6.20 Å². The maximum atomic E-state index is 4.41. The van der Waals surface area contributed by atoms with Crippen molar-refractivity contribution in [2.75, 3.05) is 0 Å². The Morgan fingerprint density at radius 2 is 2.33 bits per heavy atom. The summed E-state index contributed by atoms with van der Waals surface area (Å²) in [4.78, 5) is 8.67. The molecule has 0 amide bonds. The third kappa shape index (κ3) is 0.978. The van der Waals surface area contributed by atoms with Crippen molar-refractivity contribution in [1.82, 2.24) is 14.5 Å². The van der Waals surface area contributed by atoms with Crippen molar-refractivity contribution < 1.29 is 0 Å². The van der Waals surface area contributed by atoms with Crippen molar-refractivity contribution >= 4 is 11.2 Å². The molecule has 2 heterocycles. The Hall–Kier alpha value is -1.38. The summed E-state index contributed by atoms with van der Waals surface area (Å²) in [6, 6.07) is 1.99. The van der Waals surface area contributed by atoms with E-state index < -0.39 is 0 Å². The van der Waals surface area contributed by atoms with Gasteiger partial charge in [-0.3, -0.25) is 4.98 Å². The fourth-order valence-corrected chi connectivity index (χ4v) is 1.29. The van der Waals surface area contributed by atoms with E-state index in [1.165, 1.54) is 0 Å². The van der Waals surface area contributed by atoms with Gasteiger partial charge in [-0.2, -0.15) is 0 Å². The molecule has 0 saturated carbocycles. The zero-order valence-corrected chi connectivity index (χ0v) is 7.28. The van der Waals surface area contributed by atoms with Gasteiger partial charge in [-0.15, -0.1) is 0 Å². The number of hydrogen-bond acceptors (Lipinski definition) is 2. The van der Waals surface area contributed by atoms with Crippen LogP contribution in [-0.4, -0.2) is 14.5 Å². The third-order valence-corrected chi connectivity index (χ3v) is 1.93. The van der Waals surface area contributed by atoms with Gasteiger partial charge in [-0.1, -0.05) is 0 Å². The summed E-state index contributed by atoms with van der Waals surface area (Å²) in [6.45, 7) is 5.00. The minimum atomic E-state index is 0.946. The summed E-state index contributed by atoms with van der Waals surface area (Å²) in [7, 11) is 0. The summed E-state index contributed by atoms with van der Waals surface area (Å²) >= 11 is 0. The molecule has 62 valence electrons. The van der Waals surface area contributed by atoms with Crippen molar-refractivity contribution in [2.45, 2.75) is 20.4 Å². The van der Waals surface area contributed by atoms with Gasteiger partial charge >= 0.3 is 0 Å². The predicted octanol–water partition coefficient (Wildman–Crippen LogP) is 1.76. The normalized spacial score (nSPS) is 10.8. The molecule has 0 atom stereocenters. The van der Waals surface area contributed by atoms with Crippen LogP contribution in [0.15, 0.2) is 18.5 Å².